The molecule has 0 aromatic rings. The predicted molar refractivity (Wildman–Crippen MR) is 107 cm³/mol. The molecule has 3 rings (SSSR count). The number of rotatable bonds is 7. The first-order valence-corrected chi connectivity index (χ1v) is 10.4. The molecule has 0 radical (unpaired) electrons. The lowest BCUT2D eigenvalue weighted by molar-refractivity contribution is -0.140. The quantitative estimate of drug-likeness (QED) is 0.235. The zero-order chi connectivity index (χ0) is 19.6. The van der Waals surface area contributed by atoms with Crippen molar-refractivity contribution in [2.75, 3.05) is 26.2 Å². The number of guanidine groups is 1. The fourth-order valence-electron chi connectivity index (χ4n) is 4.61. The molecule has 6 heteroatoms. The second-order valence-electron chi connectivity index (χ2n) is 9.18. The highest BCUT2D eigenvalue weighted by Crippen LogP contribution is 2.52. The fraction of sp³-hybridized carbons (Fsp3) is 0.762. The number of allylic oxidation sites excluding steroid dienone is 2. The number of hydrogen-bond donors (Lipinski definition) is 2. The van der Waals surface area contributed by atoms with Gasteiger partial charge in [-0.25, -0.2) is 0 Å². The maximum atomic E-state index is 12.7. The van der Waals surface area contributed by atoms with Gasteiger partial charge in [0, 0.05) is 26.2 Å². The van der Waals surface area contributed by atoms with Crippen molar-refractivity contribution in [3.8, 4) is 0 Å². The molecule has 4 atom stereocenters. The van der Waals surface area contributed by atoms with E-state index in [9.17, 15) is 9.59 Å². The summed E-state index contributed by atoms with van der Waals surface area (Å²) in [5.41, 5.74) is 0.324. The Morgan fingerprint density at radius 3 is 2.33 bits per heavy atom. The van der Waals surface area contributed by atoms with Crippen LogP contribution in [0.25, 0.3) is 0 Å². The van der Waals surface area contributed by atoms with E-state index in [1.165, 1.54) is 4.90 Å². The Morgan fingerprint density at radius 2 is 1.78 bits per heavy atom. The van der Waals surface area contributed by atoms with Crippen molar-refractivity contribution in [1.29, 1.82) is 0 Å². The maximum absolute atomic E-state index is 12.7. The summed E-state index contributed by atoms with van der Waals surface area (Å²) in [6.45, 7) is 11.2. The largest absolute Gasteiger partial charge is 0.357 e. The van der Waals surface area contributed by atoms with Gasteiger partial charge in [-0.05, 0) is 43.4 Å². The normalized spacial score (nSPS) is 29.6. The van der Waals surface area contributed by atoms with Gasteiger partial charge in [-0.3, -0.25) is 19.5 Å². The van der Waals surface area contributed by atoms with Crippen LogP contribution in [0.4, 0.5) is 0 Å². The van der Waals surface area contributed by atoms with Crippen LogP contribution in [0.1, 0.15) is 47.0 Å². The lowest BCUT2D eigenvalue weighted by Gasteiger charge is -2.19. The van der Waals surface area contributed by atoms with Gasteiger partial charge in [0.2, 0.25) is 11.8 Å². The molecule has 4 unspecified atom stereocenters. The number of imide groups is 1. The Hall–Kier alpha value is -1.85. The Balaban J connectivity index is 1.47. The van der Waals surface area contributed by atoms with E-state index in [4.69, 9.17) is 0 Å². The third kappa shape index (κ3) is 4.36. The van der Waals surface area contributed by atoms with Crippen LogP contribution in [0.3, 0.4) is 0 Å². The molecule has 0 aromatic carbocycles. The van der Waals surface area contributed by atoms with Crippen LogP contribution < -0.4 is 10.6 Å². The molecule has 2 aliphatic carbocycles. The summed E-state index contributed by atoms with van der Waals surface area (Å²) < 4.78 is 0. The van der Waals surface area contributed by atoms with Crippen molar-refractivity contribution in [3.63, 3.8) is 0 Å². The highest BCUT2D eigenvalue weighted by atomic mass is 16.2. The highest BCUT2D eigenvalue weighted by Gasteiger charge is 2.58. The van der Waals surface area contributed by atoms with E-state index in [0.717, 1.165) is 38.3 Å². The van der Waals surface area contributed by atoms with Crippen LogP contribution in [-0.4, -0.2) is 48.9 Å². The van der Waals surface area contributed by atoms with Gasteiger partial charge in [0.05, 0.1) is 11.8 Å². The van der Waals surface area contributed by atoms with E-state index in [2.05, 4.69) is 48.5 Å². The summed E-state index contributed by atoms with van der Waals surface area (Å²) in [6.07, 6.45) is 7.41. The molecular formula is C21H34N4O2. The molecular weight excluding hydrogens is 340 g/mol. The number of hydrogen-bond acceptors (Lipinski definition) is 3. The minimum atomic E-state index is -0.105. The van der Waals surface area contributed by atoms with Crippen molar-refractivity contribution in [3.05, 3.63) is 12.2 Å². The van der Waals surface area contributed by atoms with Crippen LogP contribution in [0.5, 0.6) is 0 Å². The van der Waals surface area contributed by atoms with E-state index in [1.54, 1.807) is 0 Å². The van der Waals surface area contributed by atoms with Gasteiger partial charge >= 0.3 is 0 Å². The zero-order valence-corrected chi connectivity index (χ0v) is 17.1. The SMILES string of the molecule is CCNC(=NCCCC(C)(C)C)NCCN1C(=O)C2C3C=CC(C3)C2C1=O. The molecule has 6 nitrogen and oxygen atoms in total. The van der Waals surface area contributed by atoms with Crippen molar-refractivity contribution in [2.24, 2.45) is 34.1 Å². The predicted octanol–water partition coefficient (Wildman–Crippen LogP) is 2.17. The zero-order valence-electron chi connectivity index (χ0n) is 17.1. The van der Waals surface area contributed by atoms with Gasteiger partial charge < -0.3 is 10.6 Å². The number of nitrogens with one attached hydrogen (secondary N) is 2. The summed E-state index contributed by atoms with van der Waals surface area (Å²) in [7, 11) is 0. The van der Waals surface area contributed by atoms with Crippen molar-refractivity contribution >= 4 is 17.8 Å². The first-order valence-electron chi connectivity index (χ1n) is 10.4. The highest BCUT2D eigenvalue weighted by molar-refractivity contribution is 6.06. The lowest BCUT2D eigenvalue weighted by atomic mass is 9.85. The number of likely N-dealkylation sites (tertiary alicyclic amines) is 1. The Morgan fingerprint density at radius 1 is 1.15 bits per heavy atom. The third-order valence-corrected chi connectivity index (χ3v) is 5.89. The second kappa shape index (κ2) is 8.03. The number of amides is 2. The molecule has 0 aromatic heterocycles. The maximum Gasteiger partial charge on any atom is 0.233 e. The number of carbonyl (C=O) groups excluding carboxylic acids is 2. The number of fused-ring (bicyclic) bond motifs is 5. The van der Waals surface area contributed by atoms with Crippen LogP contribution in [-0.2, 0) is 9.59 Å². The minimum Gasteiger partial charge on any atom is -0.357 e. The third-order valence-electron chi connectivity index (χ3n) is 5.89. The molecule has 1 aliphatic heterocycles. The van der Waals surface area contributed by atoms with Gasteiger partial charge in [0.25, 0.3) is 0 Å². The number of aliphatic imine (C=N–C) groups is 1. The van der Waals surface area contributed by atoms with Crippen molar-refractivity contribution in [1.82, 2.24) is 15.5 Å². The second-order valence-corrected chi connectivity index (χ2v) is 9.18. The van der Waals surface area contributed by atoms with Crippen LogP contribution in [0, 0.1) is 29.1 Å². The van der Waals surface area contributed by atoms with Gasteiger partial charge in [0.1, 0.15) is 0 Å². The molecule has 1 saturated carbocycles. The summed E-state index contributed by atoms with van der Waals surface area (Å²) in [4.78, 5) is 31.5. The van der Waals surface area contributed by atoms with E-state index in [1.807, 2.05) is 6.92 Å². The topological polar surface area (TPSA) is 73.8 Å². The molecule has 27 heavy (non-hydrogen) atoms. The average molecular weight is 375 g/mol. The van der Waals surface area contributed by atoms with Gasteiger partial charge in [-0.15, -0.1) is 0 Å². The molecule has 150 valence electrons. The van der Waals surface area contributed by atoms with Gasteiger partial charge in [0.15, 0.2) is 5.96 Å². The smallest absolute Gasteiger partial charge is 0.233 e. The average Bonchev–Trinajstić information content (AvgIpc) is 3.27. The molecule has 2 bridgehead atoms. The Bertz CT molecular complexity index is 605. The summed E-state index contributed by atoms with van der Waals surface area (Å²) >= 11 is 0. The van der Waals surface area contributed by atoms with Crippen LogP contribution in [0.15, 0.2) is 17.1 Å². The Labute approximate surface area is 162 Å². The molecule has 2 fully saturated rings. The number of nitrogens with zero attached hydrogens (tertiary/aromatic N) is 2. The first-order chi connectivity index (χ1) is 12.8. The monoisotopic (exact) mass is 374 g/mol. The first kappa shape index (κ1) is 19.9. The summed E-state index contributed by atoms with van der Waals surface area (Å²) in [5.74, 6) is 1.14. The van der Waals surface area contributed by atoms with Crippen molar-refractivity contribution in [2.45, 2.75) is 47.0 Å². The number of carbonyl (C=O) groups is 2. The van der Waals surface area contributed by atoms with Gasteiger partial charge in [-0.2, -0.15) is 0 Å². The lowest BCUT2D eigenvalue weighted by Crippen LogP contribution is -2.43. The summed E-state index contributed by atoms with van der Waals surface area (Å²) in [5, 5.41) is 6.50. The molecule has 1 heterocycles. The van der Waals surface area contributed by atoms with E-state index in [-0.39, 0.29) is 35.5 Å². The molecule has 1 saturated heterocycles. The Kier molecular flexibility index (Phi) is 5.92. The van der Waals surface area contributed by atoms with Crippen LogP contribution >= 0.6 is 0 Å². The van der Waals surface area contributed by atoms with E-state index >= 15 is 0 Å². The fourth-order valence-corrected chi connectivity index (χ4v) is 4.61. The standard InChI is InChI=1S/C21H34N4O2/c1-5-22-20(23-10-6-9-21(2,3)4)24-11-12-25-18(26)16-14-7-8-15(13-14)17(16)19(25)27/h7-8,14-17H,5-6,9-13H2,1-4H3,(H2,22,23,24). The van der Waals surface area contributed by atoms with Crippen molar-refractivity contribution < 1.29 is 9.59 Å². The molecule has 2 amide bonds. The van der Waals surface area contributed by atoms with E-state index in [0.29, 0.717) is 18.5 Å². The molecule has 3 aliphatic rings. The summed E-state index contributed by atoms with van der Waals surface area (Å²) in [6, 6.07) is 0. The molecule has 0 spiro atoms. The van der Waals surface area contributed by atoms with Gasteiger partial charge in [-0.1, -0.05) is 32.9 Å². The van der Waals surface area contributed by atoms with E-state index < -0.39 is 0 Å². The minimum absolute atomic E-state index is 0.0239. The van der Waals surface area contributed by atoms with Crippen LogP contribution in [0.2, 0.25) is 0 Å². The molecule has 2 N–H and O–H groups in total.